The molecule has 2 unspecified atom stereocenters. The number of hydrogen-bond acceptors (Lipinski definition) is 3. The molecule has 0 spiro atoms. The van der Waals surface area contributed by atoms with Gasteiger partial charge in [-0.2, -0.15) is 0 Å². The predicted octanol–water partition coefficient (Wildman–Crippen LogP) is 6.30. The molecule has 1 aromatic rings. The van der Waals surface area contributed by atoms with Crippen LogP contribution in [0.4, 0.5) is 11.4 Å². The second-order valence-corrected chi connectivity index (χ2v) is 11.1. The molecular weight excluding hydrogens is 429 g/mol. The average Bonchev–Trinajstić information content (AvgIpc) is 2.79. The van der Waals surface area contributed by atoms with Crippen molar-refractivity contribution in [2.75, 3.05) is 36.5 Å². The van der Waals surface area contributed by atoms with Crippen molar-refractivity contribution in [2.24, 2.45) is 0 Å². The van der Waals surface area contributed by atoms with Gasteiger partial charge in [-0.15, -0.1) is 0 Å². The number of likely N-dealkylation sites (N-methyl/N-ethyl adjacent to an activating group) is 1. The molecule has 5 nitrogen and oxygen atoms in total. The third kappa shape index (κ3) is 6.70. The molecular formula is C24H37ClN3O2P. The number of halogens is 1. The molecule has 0 fully saturated rings. The molecule has 7 heteroatoms. The Morgan fingerprint density at radius 3 is 2.32 bits per heavy atom. The van der Waals surface area contributed by atoms with Crippen molar-refractivity contribution in [3.05, 3.63) is 34.4 Å². The summed E-state index contributed by atoms with van der Waals surface area (Å²) in [4.78, 5) is 27.8. The fraction of sp³-hybridized carbons (Fsp3) is 0.583. The minimum absolute atomic E-state index is 0.00466. The van der Waals surface area contributed by atoms with Crippen molar-refractivity contribution in [1.29, 1.82) is 0 Å². The van der Waals surface area contributed by atoms with Crippen LogP contribution >= 0.6 is 19.5 Å². The van der Waals surface area contributed by atoms with E-state index in [9.17, 15) is 9.59 Å². The first-order valence-corrected chi connectivity index (χ1v) is 13.9. The lowest BCUT2D eigenvalue weighted by atomic mass is 9.90. The predicted molar refractivity (Wildman–Crippen MR) is 135 cm³/mol. The van der Waals surface area contributed by atoms with E-state index >= 15 is 0 Å². The second-order valence-electron chi connectivity index (χ2n) is 7.93. The highest BCUT2D eigenvalue weighted by Gasteiger charge is 2.26. The topological polar surface area (TPSA) is 61.4 Å². The summed E-state index contributed by atoms with van der Waals surface area (Å²) in [5, 5.41) is 7.23. The maximum Gasteiger partial charge on any atom is 0.252 e. The van der Waals surface area contributed by atoms with Crippen LogP contribution in [0.25, 0.3) is 0 Å². The minimum atomic E-state index is -0.179. The molecule has 1 aliphatic carbocycles. The number of anilines is 2. The fourth-order valence-corrected chi connectivity index (χ4v) is 5.53. The van der Waals surface area contributed by atoms with Crippen LogP contribution in [0.1, 0.15) is 59.8 Å². The molecule has 1 aromatic carbocycles. The average molecular weight is 466 g/mol. The van der Waals surface area contributed by atoms with Crippen LogP contribution < -0.4 is 10.6 Å². The first-order chi connectivity index (χ1) is 14.9. The van der Waals surface area contributed by atoms with Crippen molar-refractivity contribution >= 4 is 42.7 Å². The number of nitrogens with one attached hydrogen (secondary N) is 2. The zero-order valence-corrected chi connectivity index (χ0v) is 21.2. The van der Waals surface area contributed by atoms with Crippen molar-refractivity contribution in [3.8, 4) is 0 Å². The Labute approximate surface area is 193 Å². The van der Waals surface area contributed by atoms with Crippen LogP contribution in [-0.2, 0) is 9.59 Å². The highest BCUT2D eigenvalue weighted by Crippen LogP contribution is 2.40. The van der Waals surface area contributed by atoms with Gasteiger partial charge in [-0.1, -0.05) is 33.4 Å². The first-order valence-electron chi connectivity index (χ1n) is 11.4. The van der Waals surface area contributed by atoms with E-state index in [2.05, 4.69) is 31.1 Å². The zero-order chi connectivity index (χ0) is 23.0. The Hall–Kier alpha value is -1.58. The van der Waals surface area contributed by atoms with Gasteiger partial charge in [0.1, 0.15) is 0 Å². The number of carbonyl (C=O) groups excluding carboxylic acids is 2. The normalized spacial score (nSPS) is 15.9. The van der Waals surface area contributed by atoms with E-state index in [1.807, 2.05) is 32.0 Å². The molecule has 2 rings (SSSR count). The highest BCUT2D eigenvalue weighted by molar-refractivity contribution is 7.57. The third-order valence-electron chi connectivity index (χ3n) is 6.01. The summed E-state index contributed by atoms with van der Waals surface area (Å²) in [5.74, 6) is 0.194. The number of nitrogens with zero attached hydrogens (tertiary/aromatic N) is 1. The van der Waals surface area contributed by atoms with E-state index in [0.29, 0.717) is 53.6 Å². The molecule has 31 heavy (non-hydrogen) atoms. The van der Waals surface area contributed by atoms with E-state index in [4.69, 9.17) is 11.6 Å². The standard InChI is InChI=1S/C24H37ClN3O2P/c1-6-22(31(5)9-4)27-21-16-17(14-15-20(21)25)26-23(29)18-12-10-11-13-19(18)24(30)28(7-2)8-3/h14-16,22,27H,6-13H2,1-5H3,(H,26,29). The van der Waals surface area contributed by atoms with Crippen LogP contribution in [0.15, 0.2) is 29.3 Å². The number of amides is 2. The Bertz CT molecular complexity index is 808. The van der Waals surface area contributed by atoms with Gasteiger partial charge < -0.3 is 15.5 Å². The first kappa shape index (κ1) is 25.7. The lowest BCUT2D eigenvalue weighted by Crippen LogP contribution is -2.34. The summed E-state index contributed by atoms with van der Waals surface area (Å²) >= 11 is 6.43. The molecule has 2 atom stereocenters. The zero-order valence-electron chi connectivity index (χ0n) is 19.6. The number of carbonyl (C=O) groups is 2. The van der Waals surface area contributed by atoms with Crippen molar-refractivity contribution in [3.63, 3.8) is 0 Å². The summed E-state index contributed by atoms with van der Waals surface area (Å²) < 4.78 is 0. The molecule has 0 heterocycles. The second kappa shape index (κ2) is 12.5. The van der Waals surface area contributed by atoms with Gasteiger partial charge in [0, 0.05) is 35.7 Å². The van der Waals surface area contributed by atoms with Gasteiger partial charge in [-0.3, -0.25) is 9.59 Å². The summed E-state index contributed by atoms with van der Waals surface area (Å²) in [6.45, 7) is 11.9. The van der Waals surface area contributed by atoms with Crippen molar-refractivity contribution in [2.45, 2.75) is 65.6 Å². The number of rotatable bonds is 10. The van der Waals surface area contributed by atoms with E-state index in [1.165, 1.54) is 0 Å². The molecule has 0 bridgehead atoms. The van der Waals surface area contributed by atoms with Crippen LogP contribution in [0.3, 0.4) is 0 Å². The summed E-state index contributed by atoms with van der Waals surface area (Å²) in [5.41, 5.74) is 2.83. The lowest BCUT2D eigenvalue weighted by Gasteiger charge is -2.26. The number of hydrogen-bond donors (Lipinski definition) is 2. The minimum Gasteiger partial charge on any atom is -0.377 e. The maximum absolute atomic E-state index is 13.1. The lowest BCUT2D eigenvalue weighted by molar-refractivity contribution is -0.127. The van der Waals surface area contributed by atoms with Crippen LogP contribution in [0, 0.1) is 0 Å². The van der Waals surface area contributed by atoms with E-state index in [0.717, 1.165) is 31.1 Å². The Morgan fingerprint density at radius 1 is 1.10 bits per heavy atom. The smallest absolute Gasteiger partial charge is 0.252 e. The third-order valence-corrected chi connectivity index (χ3v) is 8.90. The summed E-state index contributed by atoms with van der Waals surface area (Å²) in [6, 6.07) is 5.53. The molecule has 0 saturated heterocycles. The van der Waals surface area contributed by atoms with E-state index < -0.39 is 0 Å². The van der Waals surface area contributed by atoms with Gasteiger partial charge in [0.05, 0.1) is 10.7 Å². The Morgan fingerprint density at radius 2 is 1.74 bits per heavy atom. The molecule has 2 N–H and O–H groups in total. The molecule has 2 amide bonds. The molecule has 0 aliphatic heterocycles. The van der Waals surface area contributed by atoms with E-state index in [1.54, 1.807) is 4.90 Å². The van der Waals surface area contributed by atoms with Crippen molar-refractivity contribution in [1.82, 2.24) is 4.90 Å². The van der Waals surface area contributed by atoms with E-state index in [-0.39, 0.29) is 19.7 Å². The molecule has 0 radical (unpaired) electrons. The Balaban J connectivity index is 2.24. The van der Waals surface area contributed by atoms with Crippen LogP contribution in [0.5, 0.6) is 0 Å². The fourth-order valence-electron chi connectivity index (χ4n) is 3.94. The number of benzene rings is 1. The van der Waals surface area contributed by atoms with Gasteiger partial charge in [-0.05, 0) is 77.0 Å². The van der Waals surface area contributed by atoms with Gasteiger partial charge in [0.15, 0.2) is 0 Å². The van der Waals surface area contributed by atoms with Gasteiger partial charge in [-0.25, -0.2) is 0 Å². The quantitative estimate of drug-likeness (QED) is 0.399. The molecule has 0 aromatic heterocycles. The molecule has 1 aliphatic rings. The molecule has 172 valence electrons. The highest BCUT2D eigenvalue weighted by atomic mass is 35.5. The SMILES string of the molecule is CCC(Nc1cc(NC(=O)C2=C(C(=O)N(CC)CC)CCCC2)ccc1Cl)P(C)CC. The van der Waals surface area contributed by atoms with Gasteiger partial charge >= 0.3 is 0 Å². The van der Waals surface area contributed by atoms with Gasteiger partial charge in [0.2, 0.25) is 5.91 Å². The summed E-state index contributed by atoms with van der Waals surface area (Å²) in [6.07, 6.45) is 5.35. The van der Waals surface area contributed by atoms with Gasteiger partial charge in [0.25, 0.3) is 5.91 Å². The molecule has 0 saturated carbocycles. The monoisotopic (exact) mass is 465 g/mol. The van der Waals surface area contributed by atoms with Crippen LogP contribution in [0.2, 0.25) is 5.02 Å². The summed E-state index contributed by atoms with van der Waals surface area (Å²) in [7, 11) is -0.144. The largest absolute Gasteiger partial charge is 0.377 e. The Kier molecular flexibility index (Phi) is 10.3. The van der Waals surface area contributed by atoms with Crippen molar-refractivity contribution < 1.29 is 9.59 Å². The van der Waals surface area contributed by atoms with Crippen LogP contribution in [-0.4, -0.2) is 48.4 Å². The maximum atomic E-state index is 13.1.